The van der Waals surface area contributed by atoms with Crippen molar-refractivity contribution in [2.75, 3.05) is 20.2 Å². The maximum Gasteiger partial charge on any atom is 0.0601 e. The Morgan fingerprint density at radius 1 is 1.31 bits per heavy atom. The van der Waals surface area contributed by atoms with Gasteiger partial charge < -0.3 is 10.8 Å². The minimum atomic E-state index is 0.0959. The molecule has 0 radical (unpaired) electrons. The first kappa shape index (κ1) is 13.9. The minimum absolute atomic E-state index is 0.0959. The van der Waals surface area contributed by atoms with Gasteiger partial charge in [0.1, 0.15) is 0 Å². The molecule has 0 bridgehead atoms. The Bertz CT molecular complexity index is 181. The van der Waals surface area contributed by atoms with E-state index in [1.807, 2.05) is 0 Å². The van der Waals surface area contributed by atoms with Crippen LogP contribution in [-0.4, -0.2) is 42.3 Å². The topological polar surface area (TPSA) is 49.5 Å². The number of hydrogen-bond acceptors (Lipinski definition) is 3. The van der Waals surface area contributed by atoms with Crippen LogP contribution in [0.2, 0.25) is 0 Å². The Morgan fingerprint density at radius 3 is 2.44 bits per heavy atom. The standard InChI is InChI=1S/C13H28N2O/c1-3-12(14)13(10-16)15(2)9-11-7-5-4-6-8-11/h11-13,16H,3-10,14H2,1-2H3. The van der Waals surface area contributed by atoms with Crippen molar-refractivity contribution in [2.24, 2.45) is 11.7 Å². The van der Waals surface area contributed by atoms with E-state index in [2.05, 4.69) is 18.9 Å². The molecule has 1 saturated carbocycles. The van der Waals surface area contributed by atoms with Crippen LogP contribution in [0.25, 0.3) is 0 Å². The van der Waals surface area contributed by atoms with Gasteiger partial charge in [-0.1, -0.05) is 26.2 Å². The monoisotopic (exact) mass is 228 g/mol. The summed E-state index contributed by atoms with van der Waals surface area (Å²) in [5.41, 5.74) is 6.03. The van der Waals surface area contributed by atoms with E-state index in [4.69, 9.17) is 5.73 Å². The van der Waals surface area contributed by atoms with Gasteiger partial charge in [-0.25, -0.2) is 0 Å². The molecule has 3 heteroatoms. The lowest BCUT2D eigenvalue weighted by Crippen LogP contribution is -2.49. The molecular formula is C13H28N2O. The van der Waals surface area contributed by atoms with Gasteiger partial charge in [-0.15, -0.1) is 0 Å². The van der Waals surface area contributed by atoms with E-state index in [-0.39, 0.29) is 18.7 Å². The van der Waals surface area contributed by atoms with Crippen molar-refractivity contribution in [3.63, 3.8) is 0 Å². The molecule has 1 rings (SSSR count). The summed E-state index contributed by atoms with van der Waals surface area (Å²) in [5, 5.41) is 9.41. The Kier molecular flexibility index (Phi) is 6.32. The summed E-state index contributed by atoms with van der Waals surface area (Å²) in [5.74, 6) is 0.817. The molecule has 2 atom stereocenters. The van der Waals surface area contributed by atoms with E-state index in [0.717, 1.165) is 18.9 Å². The minimum Gasteiger partial charge on any atom is -0.395 e. The van der Waals surface area contributed by atoms with Crippen LogP contribution in [0.15, 0.2) is 0 Å². The van der Waals surface area contributed by atoms with Crippen molar-refractivity contribution >= 4 is 0 Å². The second kappa shape index (κ2) is 7.25. The first-order valence-electron chi connectivity index (χ1n) is 6.75. The third-order valence-electron chi connectivity index (χ3n) is 3.99. The molecule has 3 nitrogen and oxygen atoms in total. The number of rotatable bonds is 6. The molecule has 16 heavy (non-hydrogen) atoms. The lowest BCUT2D eigenvalue weighted by atomic mass is 9.88. The van der Waals surface area contributed by atoms with E-state index < -0.39 is 0 Å². The van der Waals surface area contributed by atoms with Gasteiger partial charge in [-0.05, 0) is 32.2 Å². The molecule has 1 aliphatic rings. The largest absolute Gasteiger partial charge is 0.395 e. The maximum atomic E-state index is 9.41. The maximum absolute atomic E-state index is 9.41. The van der Waals surface area contributed by atoms with Crippen LogP contribution < -0.4 is 5.73 Å². The molecule has 0 heterocycles. The summed E-state index contributed by atoms with van der Waals surface area (Å²) in [6.07, 6.45) is 7.79. The number of hydrogen-bond donors (Lipinski definition) is 2. The Balaban J connectivity index is 2.38. The van der Waals surface area contributed by atoms with Crippen molar-refractivity contribution in [3.8, 4) is 0 Å². The zero-order valence-corrected chi connectivity index (χ0v) is 10.9. The Hall–Kier alpha value is -0.120. The number of likely N-dealkylation sites (N-methyl/N-ethyl adjacent to an activating group) is 1. The first-order valence-corrected chi connectivity index (χ1v) is 6.75. The van der Waals surface area contributed by atoms with Gasteiger partial charge >= 0.3 is 0 Å². The van der Waals surface area contributed by atoms with E-state index in [9.17, 15) is 5.11 Å². The quantitative estimate of drug-likeness (QED) is 0.726. The summed E-state index contributed by atoms with van der Waals surface area (Å²) >= 11 is 0. The summed E-state index contributed by atoms with van der Waals surface area (Å²) in [4.78, 5) is 2.27. The lowest BCUT2D eigenvalue weighted by Gasteiger charge is -2.34. The molecule has 0 aromatic rings. The van der Waals surface area contributed by atoms with Gasteiger partial charge in [-0.2, -0.15) is 0 Å². The Morgan fingerprint density at radius 2 is 1.94 bits per heavy atom. The Labute approximate surface area is 100 Å². The molecule has 96 valence electrons. The highest BCUT2D eigenvalue weighted by molar-refractivity contribution is 4.81. The number of nitrogens with zero attached hydrogens (tertiary/aromatic N) is 1. The van der Waals surface area contributed by atoms with Crippen LogP contribution in [0.5, 0.6) is 0 Å². The average molecular weight is 228 g/mol. The van der Waals surface area contributed by atoms with Crippen molar-refractivity contribution in [1.82, 2.24) is 4.90 Å². The van der Waals surface area contributed by atoms with Crippen LogP contribution in [-0.2, 0) is 0 Å². The molecule has 0 aromatic heterocycles. The number of nitrogens with two attached hydrogens (primary N) is 1. The van der Waals surface area contributed by atoms with Crippen LogP contribution in [0.4, 0.5) is 0 Å². The SMILES string of the molecule is CCC(N)C(CO)N(C)CC1CCCCC1. The summed E-state index contributed by atoms with van der Waals surface area (Å²) in [6, 6.07) is 0.227. The summed E-state index contributed by atoms with van der Waals surface area (Å²) < 4.78 is 0. The van der Waals surface area contributed by atoms with E-state index in [1.165, 1.54) is 32.1 Å². The fourth-order valence-corrected chi connectivity index (χ4v) is 2.79. The van der Waals surface area contributed by atoms with Gasteiger partial charge in [0, 0.05) is 18.6 Å². The molecule has 1 fully saturated rings. The van der Waals surface area contributed by atoms with Crippen LogP contribution in [0.3, 0.4) is 0 Å². The molecule has 0 saturated heterocycles. The van der Waals surface area contributed by atoms with Crippen LogP contribution >= 0.6 is 0 Å². The van der Waals surface area contributed by atoms with Crippen molar-refractivity contribution < 1.29 is 5.11 Å². The van der Waals surface area contributed by atoms with Gasteiger partial charge in [0.05, 0.1) is 6.61 Å². The second-order valence-corrected chi connectivity index (χ2v) is 5.27. The van der Waals surface area contributed by atoms with Crippen molar-refractivity contribution in [1.29, 1.82) is 0 Å². The van der Waals surface area contributed by atoms with E-state index in [1.54, 1.807) is 0 Å². The van der Waals surface area contributed by atoms with Gasteiger partial charge in [-0.3, -0.25) is 4.90 Å². The van der Waals surface area contributed by atoms with Crippen molar-refractivity contribution in [2.45, 2.75) is 57.5 Å². The third kappa shape index (κ3) is 4.04. The van der Waals surface area contributed by atoms with E-state index >= 15 is 0 Å². The van der Waals surface area contributed by atoms with Crippen LogP contribution in [0, 0.1) is 5.92 Å². The zero-order chi connectivity index (χ0) is 12.0. The molecule has 3 N–H and O–H groups in total. The van der Waals surface area contributed by atoms with E-state index in [0.29, 0.717) is 0 Å². The first-order chi connectivity index (χ1) is 7.69. The van der Waals surface area contributed by atoms with Gasteiger partial charge in [0.15, 0.2) is 0 Å². The van der Waals surface area contributed by atoms with Gasteiger partial charge in [0.2, 0.25) is 0 Å². The van der Waals surface area contributed by atoms with Crippen molar-refractivity contribution in [3.05, 3.63) is 0 Å². The second-order valence-electron chi connectivity index (χ2n) is 5.27. The highest BCUT2D eigenvalue weighted by Gasteiger charge is 2.23. The smallest absolute Gasteiger partial charge is 0.0601 e. The fourth-order valence-electron chi connectivity index (χ4n) is 2.79. The highest BCUT2D eigenvalue weighted by Crippen LogP contribution is 2.24. The third-order valence-corrected chi connectivity index (χ3v) is 3.99. The normalized spacial score (nSPS) is 22.3. The summed E-state index contributed by atoms with van der Waals surface area (Å²) in [6.45, 7) is 3.36. The zero-order valence-electron chi connectivity index (χ0n) is 10.9. The molecule has 0 amide bonds. The number of aliphatic hydroxyl groups is 1. The van der Waals surface area contributed by atoms with Gasteiger partial charge in [0.25, 0.3) is 0 Å². The predicted molar refractivity (Wildman–Crippen MR) is 68.3 cm³/mol. The average Bonchev–Trinajstić information content (AvgIpc) is 2.31. The molecule has 0 spiro atoms. The van der Waals surface area contributed by atoms with Crippen LogP contribution in [0.1, 0.15) is 45.4 Å². The lowest BCUT2D eigenvalue weighted by molar-refractivity contribution is 0.103. The number of aliphatic hydroxyl groups excluding tert-OH is 1. The molecule has 0 aliphatic heterocycles. The highest BCUT2D eigenvalue weighted by atomic mass is 16.3. The molecule has 1 aliphatic carbocycles. The molecule has 0 aromatic carbocycles. The fraction of sp³-hybridized carbons (Fsp3) is 1.00. The summed E-state index contributed by atoms with van der Waals surface area (Å²) in [7, 11) is 2.10. The molecular weight excluding hydrogens is 200 g/mol. The molecule has 2 unspecified atom stereocenters. The predicted octanol–water partition coefficient (Wildman–Crippen LogP) is 1.60.